The summed E-state index contributed by atoms with van der Waals surface area (Å²) in [6.07, 6.45) is 0.578. The fourth-order valence-electron chi connectivity index (χ4n) is 3.04. The number of carbonyl (C=O) groups is 3. The van der Waals surface area contributed by atoms with E-state index < -0.39 is 96.5 Å². The maximum atomic E-state index is 15.6. The highest BCUT2D eigenvalue weighted by atomic mass is 31.2. The van der Waals surface area contributed by atoms with Crippen LogP contribution in [0.1, 0.15) is 52.7 Å². The number of ether oxygens (including phenoxy) is 3. The highest BCUT2D eigenvalue weighted by molar-refractivity contribution is 7.54. The monoisotopic (exact) mass is 672 g/mol. The maximum Gasteiger partial charge on any atom is 0.410 e. The first-order valence-electron chi connectivity index (χ1n) is 12.8. The van der Waals surface area contributed by atoms with E-state index in [0.29, 0.717) is 6.08 Å². The number of esters is 3. The van der Waals surface area contributed by atoms with Crippen LogP contribution in [0, 0.1) is 40.4 Å². The van der Waals surface area contributed by atoms with E-state index >= 15 is 8.78 Å². The Morgan fingerprint density at radius 3 is 1.76 bits per heavy atom. The molecule has 0 saturated heterocycles. The van der Waals surface area contributed by atoms with Crippen molar-refractivity contribution >= 4 is 31.1 Å². The smallest absolute Gasteiger partial charge is 0.410 e. The molecule has 1 atom stereocenters. The molecular formula is C28H28F7O9P. The van der Waals surface area contributed by atoms with E-state index in [4.69, 9.17) is 13.8 Å². The summed E-state index contributed by atoms with van der Waals surface area (Å²) in [5.41, 5.74) is -6.53. The average molecular weight is 672 g/mol. The molecule has 0 aliphatic heterocycles. The zero-order chi connectivity index (χ0) is 34.5. The molecule has 1 unspecified atom stereocenters. The van der Waals surface area contributed by atoms with Crippen molar-refractivity contribution in [3.05, 3.63) is 70.6 Å². The molecule has 0 aliphatic rings. The van der Waals surface area contributed by atoms with Gasteiger partial charge in [-0.25, -0.2) is 18.0 Å². The molecule has 0 aliphatic carbocycles. The van der Waals surface area contributed by atoms with Gasteiger partial charge in [-0.3, -0.25) is 23.2 Å². The molecule has 248 valence electrons. The van der Waals surface area contributed by atoms with Gasteiger partial charge in [0.2, 0.25) is 48.4 Å². The first kappa shape index (κ1) is 37.4. The Morgan fingerprint density at radius 2 is 1.29 bits per heavy atom. The van der Waals surface area contributed by atoms with Gasteiger partial charge in [0.15, 0.2) is 0 Å². The van der Waals surface area contributed by atoms with Crippen LogP contribution in [0.4, 0.5) is 30.7 Å². The Labute approximate surface area is 252 Å². The van der Waals surface area contributed by atoms with E-state index in [9.17, 15) is 40.9 Å². The summed E-state index contributed by atoms with van der Waals surface area (Å²) in [6, 6.07) is 3.46. The van der Waals surface area contributed by atoms with Crippen LogP contribution in [-0.2, 0) is 43.1 Å². The van der Waals surface area contributed by atoms with Crippen molar-refractivity contribution in [2.75, 3.05) is 13.6 Å². The van der Waals surface area contributed by atoms with Crippen LogP contribution in [0.5, 0.6) is 5.75 Å². The number of allylic oxidation sites excluding steroid dienone is 1. The minimum absolute atomic E-state index is 0.0190. The molecule has 2 aromatic rings. The first-order chi connectivity index (χ1) is 20.6. The van der Waals surface area contributed by atoms with Crippen LogP contribution in [0.25, 0.3) is 5.57 Å². The summed E-state index contributed by atoms with van der Waals surface area (Å²) >= 11 is 0. The second-order valence-corrected chi connectivity index (χ2v) is 12.6. The van der Waals surface area contributed by atoms with Crippen molar-refractivity contribution in [1.29, 1.82) is 0 Å². The lowest BCUT2D eigenvalue weighted by atomic mass is 9.98. The fraction of sp³-hybridized carbons (Fsp3) is 0.393. The van der Waals surface area contributed by atoms with E-state index in [1.165, 1.54) is 41.5 Å². The van der Waals surface area contributed by atoms with Crippen molar-refractivity contribution in [2.45, 2.75) is 47.2 Å². The Bertz CT molecular complexity index is 1490. The predicted molar refractivity (Wildman–Crippen MR) is 142 cm³/mol. The third kappa shape index (κ3) is 8.92. The van der Waals surface area contributed by atoms with E-state index in [1.807, 2.05) is 0 Å². The lowest BCUT2D eigenvalue weighted by molar-refractivity contribution is -0.162. The molecule has 45 heavy (non-hydrogen) atoms. The molecule has 0 heterocycles. The quantitative estimate of drug-likeness (QED) is 0.0333. The minimum Gasteiger partial charge on any atom is -0.438 e. The molecule has 0 fully saturated rings. The Hall–Kier alpha value is -3.75. The SMILES string of the molecule is C/C(=C\C(=O)Oc1c(F)c(F)c(F)c(F)c1F)c1ccc(C(F)(F)P(=O)(OCOC(=O)C(C)C)OCOC(=O)C(C)(C)C)cc1. The van der Waals surface area contributed by atoms with Gasteiger partial charge in [0, 0.05) is 11.6 Å². The van der Waals surface area contributed by atoms with Gasteiger partial charge in [-0.05, 0) is 38.8 Å². The minimum atomic E-state index is -5.60. The van der Waals surface area contributed by atoms with E-state index in [1.54, 1.807) is 0 Å². The van der Waals surface area contributed by atoms with Crippen LogP contribution in [0.15, 0.2) is 30.3 Å². The van der Waals surface area contributed by atoms with E-state index in [0.717, 1.165) is 24.3 Å². The van der Waals surface area contributed by atoms with Crippen LogP contribution >= 0.6 is 7.60 Å². The summed E-state index contributed by atoms with van der Waals surface area (Å²) < 4.78 is 135. The third-order valence-electron chi connectivity index (χ3n) is 5.66. The van der Waals surface area contributed by atoms with Crippen molar-refractivity contribution in [3.8, 4) is 5.75 Å². The van der Waals surface area contributed by atoms with Crippen LogP contribution in [-0.4, -0.2) is 31.5 Å². The van der Waals surface area contributed by atoms with Crippen LogP contribution in [0.2, 0.25) is 0 Å². The number of halogens is 7. The largest absolute Gasteiger partial charge is 0.438 e. The lowest BCUT2D eigenvalue weighted by Gasteiger charge is -2.27. The van der Waals surface area contributed by atoms with E-state index in [-0.39, 0.29) is 11.1 Å². The Morgan fingerprint density at radius 1 is 0.822 bits per heavy atom. The molecule has 17 heteroatoms. The van der Waals surface area contributed by atoms with Gasteiger partial charge in [0.05, 0.1) is 11.3 Å². The number of carbonyl (C=O) groups excluding carboxylic acids is 3. The van der Waals surface area contributed by atoms with Crippen LogP contribution in [0.3, 0.4) is 0 Å². The molecule has 0 saturated carbocycles. The third-order valence-corrected chi connectivity index (χ3v) is 7.50. The highest BCUT2D eigenvalue weighted by Gasteiger charge is 2.56. The number of rotatable bonds is 12. The summed E-state index contributed by atoms with van der Waals surface area (Å²) in [5, 5.41) is 0. The van der Waals surface area contributed by atoms with Gasteiger partial charge in [-0.1, -0.05) is 38.1 Å². The molecule has 9 nitrogen and oxygen atoms in total. The Kier molecular flexibility index (Phi) is 12.1. The molecule has 0 bridgehead atoms. The van der Waals surface area contributed by atoms with Crippen molar-refractivity contribution in [1.82, 2.24) is 0 Å². The van der Waals surface area contributed by atoms with Gasteiger partial charge in [0.25, 0.3) is 0 Å². The Balaban J connectivity index is 2.31. The van der Waals surface area contributed by atoms with Gasteiger partial charge in [-0.2, -0.15) is 17.6 Å². The zero-order valence-corrected chi connectivity index (χ0v) is 25.5. The molecular weight excluding hydrogens is 644 g/mol. The summed E-state index contributed by atoms with van der Waals surface area (Å²) in [4.78, 5) is 35.8. The maximum absolute atomic E-state index is 15.6. The lowest BCUT2D eigenvalue weighted by Crippen LogP contribution is -2.25. The van der Waals surface area contributed by atoms with E-state index in [2.05, 4.69) is 9.47 Å². The normalized spacial score (nSPS) is 13.8. The van der Waals surface area contributed by atoms with Gasteiger partial charge < -0.3 is 14.2 Å². The molecule has 2 rings (SSSR count). The van der Waals surface area contributed by atoms with Crippen molar-refractivity contribution in [2.24, 2.45) is 11.3 Å². The molecule has 2 aromatic carbocycles. The number of hydrogen-bond acceptors (Lipinski definition) is 9. The van der Waals surface area contributed by atoms with Crippen molar-refractivity contribution < 1.29 is 72.9 Å². The highest BCUT2D eigenvalue weighted by Crippen LogP contribution is 2.67. The number of hydrogen-bond donors (Lipinski definition) is 0. The summed E-state index contributed by atoms with van der Waals surface area (Å²) in [7, 11) is -5.60. The average Bonchev–Trinajstić information content (AvgIpc) is 2.96. The van der Waals surface area contributed by atoms with Gasteiger partial charge in [0.1, 0.15) is 0 Å². The number of alkyl halides is 2. The second-order valence-electron chi connectivity index (χ2n) is 10.6. The zero-order valence-electron chi connectivity index (χ0n) is 24.6. The van der Waals surface area contributed by atoms with Crippen LogP contribution < -0.4 is 4.74 Å². The molecule has 0 amide bonds. The first-order valence-corrected chi connectivity index (χ1v) is 14.3. The number of benzene rings is 2. The summed E-state index contributed by atoms with van der Waals surface area (Å²) in [6.45, 7) is 6.06. The molecule has 0 N–H and O–H groups in total. The second kappa shape index (κ2) is 14.6. The molecule has 0 aromatic heterocycles. The van der Waals surface area contributed by atoms with Gasteiger partial charge >= 0.3 is 31.2 Å². The topological polar surface area (TPSA) is 114 Å². The standard InChI is InChI=1S/C28H28F7O9P/c1-14(2)25(37)40-12-42-45(39,43-13-41-26(38)27(4,5)6)28(34,35)17-9-7-16(8-10-17)15(3)11-18(36)44-24-22(32)20(30)19(29)21(31)23(24)33/h7-11,14H,12-13H2,1-6H3/b15-11+. The molecule has 0 radical (unpaired) electrons. The van der Waals surface area contributed by atoms with Gasteiger partial charge in [-0.15, -0.1) is 0 Å². The predicted octanol–water partition coefficient (Wildman–Crippen LogP) is 7.37. The molecule has 0 spiro atoms. The fourth-order valence-corrected chi connectivity index (χ4v) is 4.29. The van der Waals surface area contributed by atoms with Crippen molar-refractivity contribution in [3.63, 3.8) is 0 Å². The summed E-state index contributed by atoms with van der Waals surface area (Å²) in [5.74, 6) is -17.8.